The summed E-state index contributed by atoms with van der Waals surface area (Å²) >= 11 is 0. The van der Waals surface area contributed by atoms with E-state index in [0.29, 0.717) is 49.6 Å². The van der Waals surface area contributed by atoms with E-state index in [1.807, 2.05) is 60.7 Å². The van der Waals surface area contributed by atoms with Crippen LogP contribution in [0.2, 0.25) is 0 Å². The lowest BCUT2D eigenvalue weighted by Gasteiger charge is -2.17. The summed E-state index contributed by atoms with van der Waals surface area (Å²) in [7, 11) is 1.62. The molecule has 2 unspecified atom stereocenters. The molecule has 0 fully saturated rings. The maximum atomic E-state index is 12.1. The zero-order valence-corrected chi connectivity index (χ0v) is 25.7. The highest BCUT2D eigenvalue weighted by atomic mass is 16.6. The van der Waals surface area contributed by atoms with Crippen molar-refractivity contribution in [1.82, 2.24) is 10.3 Å². The fourth-order valence-corrected chi connectivity index (χ4v) is 5.09. The van der Waals surface area contributed by atoms with E-state index in [-0.39, 0.29) is 5.56 Å². The van der Waals surface area contributed by atoms with Gasteiger partial charge >= 0.3 is 6.09 Å². The number of primary amides is 1. The zero-order valence-electron chi connectivity index (χ0n) is 25.7. The summed E-state index contributed by atoms with van der Waals surface area (Å²) in [6, 6.07) is 24.2. The highest BCUT2D eigenvalue weighted by Gasteiger charge is 2.16. The van der Waals surface area contributed by atoms with Gasteiger partial charge in [-0.15, -0.1) is 0 Å². The topological polar surface area (TPSA) is 145 Å². The van der Waals surface area contributed by atoms with Crippen molar-refractivity contribution in [2.45, 2.75) is 50.9 Å². The van der Waals surface area contributed by atoms with Crippen molar-refractivity contribution in [3.8, 4) is 11.5 Å². The maximum Gasteiger partial charge on any atom is 0.404 e. The van der Waals surface area contributed by atoms with Crippen LogP contribution in [0.4, 0.5) is 4.79 Å². The highest BCUT2D eigenvalue weighted by molar-refractivity contribution is 5.87. The molecule has 1 aromatic heterocycles. The molecule has 0 aliphatic rings. The molecule has 5 N–H and O–H groups in total. The summed E-state index contributed by atoms with van der Waals surface area (Å²) in [6.45, 7) is 2.35. The number of ether oxygens (including phenoxy) is 4. The van der Waals surface area contributed by atoms with Crippen LogP contribution in [0.3, 0.4) is 0 Å². The fraction of sp³-hybridized carbons (Fsp3) is 0.371. The molecule has 0 bridgehead atoms. The van der Waals surface area contributed by atoms with Gasteiger partial charge in [0.25, 0.3) is 0 Å². The van der Waals surface area contributed by atoms with Crippen molar-refractivity contribution in [2.24, 2.45) is 5.73 Å². The van der Waals surface area contributed by atoms with E-state index in [1.165, 1.54) is 6.07 Å². The normalized spacial score (nSPS) is 12.5. The second-order valence-corrected chi connectivity index (χ2v) is 10.9. The third kappa shape index (κ3) is 10.9. The molecular formula is C35H43N3O7. The summed E-state index contributed by atoms with van der Waals surface area (Å²) in [5.41, 5.74) is 8.28. The monoisotopic (exact) mass is 617 g/mol. The van der Waals surface area contributed by atoms with Crippen molar-refractivity contribution >= 4 is 17.0 Å². The second kappa shape index (κ2) is 17.8. The van der Waals surface area contributed by atoms with Gasteiger partial charge in [0, 0.05) is 31.0 Å². The Labute approximate surface area is 263 Å². The molecule has 0 radical (unpaired) electrons. The van der Waals surface area contributed by atoms with Crippen LogP contribution in [-0.2, 0) is 22.5 Å². The Bertz CT molecular complexity index is 1530. The van der Waals surface area contributed by atoms with Gasteiger partial charge in [0.15, 0.2) is 0 Å². The largest absolute Gasteiger partial charge is 0.497 e. The lowest BCUT2D eigenvalue weighted by Crippen LogP contribution is -2.29. The van der Waals surface area contributed by atoms with Gasteiger partial charge in [0.2, 0.25) is 5.56 Å². The van der Waals surface area contributed by atoms with Gasteiger partial charge in [-0.05, 0) is 60.3 Å². The molecule has 1 heterocycles. The minimum atomic E-state index is -0.799. The predicted octanol–water partition coefficient (Wildman–Crippen LogP) is 5.02. The number of fused-ring (bicyclic) bond motifs is 1. The lowest BCUT2D eigenvalue weighted by atomic mass is 10.0. The first-order chi connectivity index (χ1) is 21.9. The summed E-state index contributed by atoms with van der Waals surface area (Å²) in [5.74, 6) is 1.31. The zero-order chi connectivity index (χ0) is 31.9. The molecule has 0 saturated heterocycles. The summed E-state index contributed by atoms with van der Waals surface area (Å²) in [6.07, 6.45) is 2.45. The van der Waals surface area contributed by atoms with Crippen LogP contribution in [0.5, 0.6) is 11.5 Å². The maximum absolute atomic E-state index is 12.1. The number of amides is 1. The van der Waals surface area contributed by atoms with Crippen LogP contribution in [0, 0.1) is 0 Å². The van der Waals surface area contributed by atoms with Crippen molar-refractivity contribution in [1.29, 1.82) is 0 Å². The van der Waals surface area contributed by atoms with E-state index in [4.69, 9.17) is 24.7 Å². The third-order valence-electron chi connectivity index (χ3n) is 7.43. The fourth-order valence-electron chi connectivity index (χ4n) is 5.09. The number of aliphatic hydroxyl groups excluding tert-OH is 1. The first-order valence-corrected chi connectivity index (χ1v) is 15.3. The number of nitrogens with two attached hydrogens (primary N) is 1. The molecule has 10 nitrogen and oxygen atoms in total. The molecular weight excluding hydrogens is 574 g/mol. The van der Waals surface area contributed by atoms with E-state index in [1.54, 1.807) is 19.2 Å². The van der Waals surface area contributed by atoms with Gasteiger partial charge in [-0.3, -0.25) is 4.79 Å². The molecule has 4 rings (SSSR count). The molecule has 0 spiro atoms. The number of aromatic nitrogens is 1. The summed E-state index contributed by atoms with van der Waals surface area (Å²) < 4.78 is 22.2. The Kier molecular flexibility index (Phi) is 13.3. The van der Waals surface area contributed by atoms with Gasteiger partial charge < -0.3 is 40.1 Å². The van der Waals surface area contributed by atoms with Crippen molar-refractivity contribution in [2.75, 3.05) is 33.4 Å². The molecule has 4 aromatic rings. The molecule has 3 aromatic carbocycles. The number of H-pyrrole nitrogens is 1. The van der Waals surface area contributed by atoms with Crippen molar-refractivity contribution in [3.63, 3.8) is 0 Å². The number of benzene rings is 3. The Morgan fingerprint density at radius 1 is 0.933 bits per heavy atom. The van der Waals surface area contributed by atoms with Gasteiger partial charge in [-0.1, -0.05) is 61.4 Å². The summed E-state index contributed by atoms with van der Waals surface area (Å²) in [5, 5.41) is 15.0. The van der Waals surface area contributed by atoms with E-state index in [2.05, 4.69) is 10.3 Å². The number of aliphatic hydroxyl groups is 1. The summed E-state index contributed by atoms with van der Waals surface area (Å²) in [4.78, 5) is 26.2. The molecule has 0 aliphatic heterocycles. The Balaban J connectivity index is 1.16. The third-order valence-corrected chi connectivity index (χ3v) is 7.43. The average molecular weight is 618 g/mol. The number of carbonyl (C=O) groups is 1. The number of unbranched alkanes of at least 4 members (excludes halogenated alkanes) is 3. The average Bonchev–Trinajstić information content (AvgIpc) is 3.04. The minimum Gasteiger partial charge on any atom is -0.497 e. The van der Waals surface area contributed by atoms with E-state index in [9.17, 15) is 14.7 Å². The van der Waals surface area contributed by atoms with Crippen molar-refractivity contribution in [3.05, 3.63) is 106 Å². The number of nitrogens with one attached hydrogen (secondary N) is 2. The Hall–Kier alpha value is -4.38. The van der Waals surface area contributed by atoms with Gasteiger partial charge in [-0.2, -0.15) is 0 Å². The number of aromatic amines is 1. The predicted molar refractivity (Wildman–Crippen MR) is 174 cm³/mol. The van der Waals surface area contributed by atoms with Crippen LogP contribution < -0.4 is 26.1 Å². The Morgan fingerprint density at radius 3 is 2.47 bits per heavy atom. The minimum absolute atomic E-state index is 0.238. The first kappa shape index (κ1) is 33.5. The van der Waals surface area contributed by atoms with E-state index >= 15 is 0 Å². The quantitative estimate of drug-likeness (QED) is 0.107. The number of carbonyl (C=O) groups excluding carboxylic acids is 1. The molecule has 45 heavy (non-hydrogen) atoms. The van der Waals surface area contributed by atoms with Crippen LogP contribution >= 0.6 is 0 Å². The van der Waals surface area contributed by atoms with Crippen LogP contribution in [0.15, 0.2) is 83.7 Å². The number of methoxy groups -OCH3 is 1. The number of pyridine rings is 1. The molecule has 2 atom stereocenters. The van der Waals surface area contributed by atoms with E-state index < -0.39 is 18.3 Å². The van der Waals surface area contributed by atoms with Crippen LogP contribution in [-0.4, -0.2) is 55.7 Å². The smallest absolute Gasteiger partial charge is 0.404 e. The molecule has 0 saturated carbocycles. The van der Waals surface area contributed by atoms with Crippen LogP contribution in [0.1, 0.15) is 48.5 Å². The second-order valence-electron chi connectivity index (χ2n) is 10.9. The molecule has 0 aliphatic carbocycles. The SMILES string of the molecule is COc1ccc(COc2ccc(C(O)CNCCCCCCOCC(Cc3ccccc3)OC(N)=O)c3ccc(=O)[nH]c23)cc1. The van der Waals surface area contributed by atoms with E-state index in [0.717, 1.165) is 54.5 Å². The van der Waals surface area contributed by atoms with Gasteiger partial charge in [-0.25, -0.2) is 4.79 Å². The Morgan fingerprint density at radius 2 is 1.71 bits per heavy atom. The number of rotatable bonds is 19. The molecule has 240 valence electrons. The number of hydrogen-bond acceptors (Lipinski definition) is 8. The van der Waals surface area contributed by atoms with Crippen molar-refractivity contribution < 1.29 is 28.8 Å². The molecule has 1 amide bonds. The highest BCUT2D eigenvalue weighted by Crippen LogP contribution is 2.30. The number of hydrogen-bond donors (Lipinski definition) is 4. The first-order valence-electron chi connectivity index (χ1n) is 15.3. The molecule has 10 heteroatoms. The lowest BCUT2D eigenvalue weighted by molar-refractivity contribution is 0.0224. The van der Waals surface area contributed by atoms with Gasteiger partial charge in [0.05, 0.1) is 25.3 Å². The van der Waals surface area contributed by atoms with Crippen LogP contribution in [0.25, 0.3) is 10.9 Å². The van der Waals surface area contributed by atoms with Gasteiger partial charge in [0.1, 0.15) is 24.2 Å². The standard InChI is InChI=1S/C35H43N3O7/c1-42-27-13-11-26(12-14-27)23-44-32-17-15-29(30-16-18-33(40)38-34(30)32)31(39)22-37-19-7-2-3-8-20-43-24-28(45-35(36)41)21-25-9-5-4-6-10-25/h4-6,9-18,28,31,37,39H,2-3,7-8,19-24H2,1H3,(H2,36,41)(H,38,40).